The van der Waals surface area contributed by atoms with Gasteiger partial charge in [0.1, 0.15) is 11.6 Å². The number of thioether (sulfide) groups is 1. The molecule has 0 aliphatic heterocycles. The first kappa shape index (κ1) is 14.2. The number of hydrogen-bond acceptors (Lipinski definition) is 4. The topological polar surface area (TPSA) is 37.8 Å². The van der Waals surface area contributed by atoms with Crippen molar-refractivity contribution in [3.63, 3.8) is 0 Å². The summed E-state index contributed by atoms with van der Waals surface area (Å²) in [6, 6.07) is 0. The summed E-state index contributed by atoms with van der Waals surface area (Å²) in [6.45, 7) is 3.09. The van der Waals surface area contributed by atoms with E-state index in [0.717, 1.165) is 42.0 Å². The molecule has 0 saturated heterocycles. The number of nitrogens with one attached hydrogen (secondary N) is 1. The van der Waals surface area contributed by atoms with E-state index in [1.807, 2.05) is 0 Å². The fourth-order valence-electron chi connectivity index (χ4n) is 3.27. The zero-order valence-electron chi connectivity index (χ0n) is 12.5. The van der Waals surface area contributed by atoms with Gasteiger partial charge in [0.05, 0.1) is 5.75 Å². The first-order chi connectivity index (χ1) is 9.86. The van der Waals surface area contributed by atoms with Gasteiger partial charge in [-0.1, -0.05) is 12.8 Å². The van der Waals surface area contributed by atoms with Crippen LogP contribution in [0.25, 0.3) is 0 Å². The van der Waals surface area contributed by atoms with Crippen LogP contribution < -0.4 is 5.32 Å². The lowest BCUT2D eigenvalue weighted by atomic mass is 9.96. The van der Waals surface area contributed by atoms with E-state index in [2.05, 4.69) is 24.0 Å². The molecule has 2 aliphatic carbocycles. The number of hydrogen-bond donors (Lipinski definition) is 1. The molecular formula is C16H25N3S. The van der Waals surface area contributed by atoms with Crippen LogP contribution in [-0.4, -0.2) is 21.8 Å². The van der Waals surface area contributed by atoms with E-state index in [1.165, 1.54) is 49.8 Å². The molecule has 0 radical (unpaired) electrons. The molecule has 20 heavy (non-hydrogen) atoms. The highest BCUT2D eigenvalue weighted by molar-refractivity contribution is 7.99. The Morgan fingerprint density at radius 2 is 1.90 bits per heavy atom. The molecule has 1 heterocycles. The predicted octanol–water partition coefficient (Wildman–Crippen LogP) is 3.96. The Bertz CT molecular complexity index is 455. The van der Waals surface area contributed by atoms with Gasteiger partial charge in [-0.05, 0) is 45.4 Å². The Morgan fingerprint density at radius 1 is 1.10 bits per heavy atom. The van der Waals surface area contributed by atoms with Gasteiger partial charge in [0, 0.05) is 23.1 Å². The summed E-state index contributed by atoms with van der Waals surface area (Å²) in [7, 11) is 0. The highest BCUT2D eigenvalue weighted by atomic mass is 32.2. The lowest BCUT2D eigenvalue weighted by Gasteiger charge is -2.19. The zero-order valence-corrected chi connectivity index (χ0v) is 13.3. The average Bonchev–Trinajstić information content (AvgIpc) is 2.99. The lowest BCUT2D eigenvalue weighted by Crippen LogP contribution is -2.14. The van der Waals surface area contributed by atoms with Crippen molar-refractivity contribution >= 4 is 17.6 Å². The second-order valence-corrected chi connectivity index (χ2v) is 7.16. The summed E-state index contributed by atoms with van der Waals surface area (Å²) >= 11 is 2.06. The Morgan fingerprint density at radius 3 is 2.70 bits per heavy atom. The minimum atomic E-state index is 0.845. The highest BCUT2D eigenvalue weighted by Crippen LogP contribution is 2.32. The zero-order chi connectivity index (χ0) is 13.8. The highest BCUT2D eigenvalue weighted by Gasteiger charge is 2.19. The summed E-state index contributed by atoms with van der Waals surface area (Å²) in [6.07, 6.45) is 10.4. The van der Waals surface area contributed by atoms with Gasteiger partial charge in [0.25, 0.3) is 0 Å². The standard InChI is InChI=1S/C16H25N3S/c1-2-17-16-13-9-5-6-10-14(13)18-15(19-16)11-20-12-7-3-4-8-12/h12H,2-11H2,1H3,(H,17,18,19). The molecule has 110 valence electrons. The molecule has 1 fully saturated rings. The molecule has 0 aromatic carbocycles. The maximum atomic E-state index is 4.85. The monoisotopic (exact) mass is 291 g/mol. The second kappa shape index (κ2) is 6.79. The van der Waals surface area contributed by atoms with Crippen molar-refractivity contribution in [3.8, 4) is 0 Å². The number of anilines is 1. The molecule has 1 aromatic rings. The molecule has 1 N–H and O–H groups in total. The van der Waals surface area contributed by atoms with Gasteiger partial charge in [0.15, 0.2) is 0 Å². The quantitative estimate of drug-likeness (QED) is 0.891. The summed E-state index contributed by atoms with van der Waals surface area (Å²) in [5.74, 6) is 3.13. The van der Waals surface area contributed by atoms with Crippen LogP contribution in [0.15, 0.2) is 0 Å². The van der Waals surface area contributed by atoms with Crippen LogP contribution in [0.1, 0.15) is 62.5 Å². The molecular weight excluding hydrogens is 266 g/mol. The Balaban J connectivity index is 1.74. The largest absolute Gasteiger partial charge is 0.370 e. The fourth-order valence-corrected chi connectivity index (χ4v) is 4.45. The first-order valence-electron chi connectivity index (χ1n) is 8.11. The molecule has 0 atom stereocenters. The van der Waals surface area contributed by atoms with Crippen molar-refractivity contribution in [1.82, 2.24) is 9.97 Å². The SMILES string of the molecule is CCNc1nc(CSC2CCCC2)nc2c1CCCC2. The number of aromatic nitrogens is 2. The van der Waals surface area contributed by atoms with Crippen molar-refractivity contribution in [2.45, 2.75) is 69.3 Å². The molecule has 4 heteroatoms. The van der Waals surface area contributed by atoms with E-state index in [-0.39, 0.29) is 0 Å². The molecule has 0 bridgehead atoms. The minimum Gasteiger partial charge on any atom is -0.370 e. The second-order valence-electron chi connectivity index (χ2n) is 5.87. The van der Waals surface area contributed by atoms with E-state index >= 15 is 0 Å². The van der Waals surface area contributed by atoms with Gasteiger partial charge in [-0.15, -0.1) is 0 Å². The summed E-state index contributed by atoms with van der Waals surface area (Å²) in [5.41, 5.74) is 2.69. The molecule has 3 nitrogen and oxygen atoms in total. The Kier molecular flexibility index (Phi) is 4.81. The summed E-state index contributed by atoms with van der Waals surface area (Å²) in [5, 5.41) is 4.29. The number of rotatable bonds is 5. The maximum absolute atomic E-state index is 4.85. The third-order valence-electron chi connectivity index (χ3n) is 4.32. The number of aryl methyl sites for hydroxylation is 1. The van der Waals surface area contributed by atoms with Crippen LogP contribution in [0.5, 0.6) is 0 Å². The predicted molar refractivity (Wildman–Crippen MR) is 86.4 cm³/mol. The van der Waals surface area contributed by atoms with Gasteiger partial charge < -0.3 is 5.32 Å². The molecule has 2 aliphatic rings. The van der Waals surface area contributed by atoms with E-state index in [4.69, 9.17) is 9.97 Å². The lowest BCUT2D eigenvalue weighted by molar-refractivity contribution is 0.659. The molecule has 1 aromatic heterocycles. The van der Waals surface area contributed by atoms with Crippen LogP contribution in [0.2, 0.25) is 0 Å². The first-order valence-corrected chi connectivity index (χ1v) is 9.16. The van der Waals surface area contributed by atoms with Gasteiger partial charge >= 0.3 is 0 Å². The van der Waals surface area contributed by atoms with Crippen LogP contribution in [0.3, 0.4) is 0 Å². The third kappa shape index (κ3) is 3.27. The van der Waals surface area contributed by atoms with Gasteiger partial charge in [-0.3, -0.25) is 0 Å². The van der Waals surface area contributed by atoms with Crippen molar-refractivity contribution in [3.05, 3.63) is 17.1 Å². The summed E-state index contributed by atoms with van der Waals surface area (Å²) < 4.78 is 0. The molecule has 0 amide bonds. The van der Waals surface area contributed by atoms with Gasteiger partial charge in [0.2, 0.25) is 0 Å². The molecule has 1 saturated carbocycles. The third-order valence-corrected chi connectivity index (χ3v) is 5.69. The maximum Gasteiger partial charge on any atom is 0.140 e. The Labute approximate surface area is 126 Å². The van der Waals surface area contributed by atoms with Gasteiger partial charge in [-0.2, -0.15) is 11.8 Å². The number of nitrogens with zero attached hydrogens (tertiary/aromatic N) is 2. The van der Waals surface area contributed by atoms with Crippen molar-refractivity contribution < 1.29 is 0 Å². The van der Waals surface area contributed by atoms with Crippen LogP contribution in [-0.2, 0) is 18.6 Å². The normalized spacial score (nSPS) is 19.1. The number of fused-ring (bicyclic) bond motifs is 1. The van der Waals surface area contributed by atoms with Crippen LogP contribution in [0, 0.1) is 0 Å². The van der Waals surface area contributed by atoms with Crippen molar-refractivity contribution in [2.24, 2.45) is 0 Å². The molecule has 0 unspecified atom stereocenters. The van der Waals surface area contributed by atoms with E-state index in [9.17, 15) is 0 Å². The smallest absolute Gasteiger partial charge is 0.140 e. The van der Waals surface area contributed by atoms with E-state index in [1.54, 1.807) is 0 Å². The fraction of sp³-hybridized carbons (Fsp3) is 0.750. The average molecular weight is 291 g/mol. The Hall–Kier alpha value is -0.770. The molecule has 3 rings (SSSR count). The van der Waals surface area contributed by atoms with Gasteiger partial charge in [-0.25, -0.2) is 9.97 Å². The van der Waals surface area contributed by atoms with Crippen molar-refractivity contribution in [2.75, 3.05) is 11.9 Å². The van der Waals surface area contributed by atoms with E-state index in [0.29, 0.717) is 0 Å². The minimum absolute atomic E-state index is 0.845. The van der Waals surface area contributed by atoms with Crippen molar-refractivity contribution in [1.29, 1.82) is 0 Å². The summed E-state index contributed by atoms with van der Waals surface area (Å²) in [4.78, 5) is 9.64. The van der Waals surface area contributed by atoms with E-state index < -0.39 is 0 Å². The molecule has 0 spiro atoms. The van der Waals surface area contributed by atoms with Crippen LogP contribution in [0.4, 0.5) is 5.82 Å². The van der Waals surface area contributed by atoms with Crippen LogP contribution >= 0.6 is 11.8 Å².